The van der Waals surface area contributed by atoms with Crippen molar-refractivity contribution in [2.24, 2.45) is 5.73 Å². The van der Waals surface area contributed by atoms with E-state index in [1.807, 2.05) is 0 Å². The van der Waals surface area contributed by atoms with Gasteiger partial charge in [0.1, 0.15) is 0 Å². The van der Waals surface area contributed by atoms with Crippen molar-refractivity contribution in [1.29, 1.82) is 0 Å². The highest BCUT2D eigenvalue weighted by molar-refractivity contribution is 7.87. The van der Waals surface area contributed by atoms with Crippen molar-refractivity contribution in [2.45, 2.75) is 38.6 Å². The summed E-state index contributed by atoms with van der Waals surface area (Å²) in [7, 11) is -3.44. The maximum atomic E-state index is 12.0. The van der Waals surface area contributed by atoms with Crippen LogP contribution in [0.4, 0.5) is 0 Å². The average Bonchev–Trinajstić information content (AvgIpc) is 2.37. The summed E-state index contributed by atoms with van der Waals surface area (Å²) < 4.78 is 28.1. The van der Waals surface area contributed by atoms with Gasteiger partial charge in [0.05, 0.1) is 0 Å². The zero-order valence-corrected chi connectivity index (χ0v) is 12.2. The number of carbonyl (C=O) groups excluding carboxylic acids is 1. The molecule has 19 heavy (non-hydrogen) atoms. The Morgan fingerprint density at radius 2 is 2.16 bits per heavy atom. The zero-order chi connectivity index (χ0) is 14.3. The Morgan fingerprint density at radius 1 is 1.42 bits per heavy atom. The molecule has 0 aliphatic carbocycles. The first-order valence-corrected chi connectivity index (χ1v) is 8.18. The maximum absolute atomic E-state index is 12.0. The standard InChI is InChI=1S/C11H24N4O3S/c1-2-14-19(17,18)15-8-4-3-5-10(15)9-13-11(16)6-7-12/h10,14H,2-9,12H2,1H3,(H,13,16). The van der Waals surface area contributed by atoms with E-state index < -0.39 is 10.2 Å². The molecule has 1 heterocycles. The highest BCUT2D eigenvalue weighted by Gasteiger charge is 2.31. The fourth-order valence-corrected chi connectivity index (χ4v) is 3.68. The van der Waals surface area contributed by atoms with E-state index in [-0.39, 0.29) is 18.4 Å². The Morgan fingerprint density at radius 3 is 2.79 bits per heavy atom. The highest BCUT2D eigenvalue weighted by atomic mass is 32.2. The first kappa shape index (κ1) is 16.4. The van der Waals surface area contributed by atoms with Gasteiger partial charge in [-0.2, -0.15) is 12.7 Å². The lowest BCUT2D eigenvalue weighted by Gasteiger charge is -2.34. The van der Waals surface area contributed by atoms with Crippen LogP contribution in [0.2, 0.25) is 0 Å². The number of nitrogens with one attached hydrogen (secondary N) is 2. The van der Waals surface area contributed by atoms with Crippen LogP contribution in [0.3, 0.4) is 0 Å². The molecule has 0 aromatic carbocycles. The lowest BCUT2D eigenvalue weighted by molar-refractivity contribution is -0.121. The maximum Gasteiger partial charge on any atom is 0.279 e. The Bertz CT molecular complexity index is 385. The molecule has 7 nitrogen and oxygen atoms in total. The monoisotopic (exact) mass is 292 g/mol. The van der Waals surface area contributed by atoms with Crippen molar-refractivity contribution in [3.8, 4) is 0 Å². The van der Waals surface area contributed by atoms with Gasteiger partial charge in [-0.1, -0.05) is 13.3 Å². The topological polar surface area (TPSA) is 105 Å². The molecule has 112 valence electrons. The van der Waals surface area contributed by atoms with Crippen LogP contribution < -0.4 is 15.8 Å². The number of carbonyl (C=O) groups is 1. The smallest absolute Gasteiger partial charge is 0.279 e. The fourth-order valence-electron chi connectivity index (χ4n) is 2.21. The van der Waals surface area contributed by atoms with Crippen LogP contribution in [0.5, 0.6) is 0 Å². The predicted molar refractivity (Wildman–Crippen MR) is 73.6 cm³/mol. The molecule has 0 aromatic rings. The number of nitrogens with zero attached hydrogens (tertiary/aromatic N) is 1. The minimum absolute atomic E-state index is 0.131. The predicted octanol–water partition coefficient (Wildman–Crippen LogP) is -0.840. The van der Waals surface area contributed by atoms with Crippen LogP contribution in [0, 0.1) is 0 Å². The Balaban J connectivity index is 2.60. The number of piperidine rings is 1. The van der Waals surface area contributed by atoms with Crippen molar-refractivity contribution in [3.05, 3.63) is 0 Å². The number of rotatable bonds is 7. The molecule has 1 amide bonds. The molecule has 8 heteroatoms. The number of nitrogens with two attached hydrogens (primary N) is 1. The first-order valence-electron chi connectivity index (χ1n) is 6.74. The summed E-state index contributed by atoms with van der Waals surface area (Å²) in [6.45, 7) is 3.27. The summed E-state index contributed by atoms with van der Waals surface area (Å²) in [6.07, 6.45) is 2.88. The molecule has 0 spiro atoms. The number of hydrogen-bond donors (Lipinski definition) is 3. The molecule has 1 saturated heterocycles. The second kappa shape index (κ2) is 7.78. The third-order valence-electron chi connectivity index (χ3n) is 3.11. The van der Waals surface area contributed by atoms with Crippen molar-refractivity contribution >= 4 is 16.1 Å². The average molecular weight is 292 g/mol. The van der Waals surface area contributed by atoms with Crippen LogP contribution in [0.1, 0.15) is 32.6 Å². The zero-order valence-electron chi connectivity index (χ0n) is 11.4. The Kier molecular flexibility index (Phi) is 6.70. The lowest BCUT2D eigenvalue weighted by Crippen LogP contribution is -2.53. The van der Waals surface area contributed by atoms with Crippen LogP contribution >= 0.6 is 0 Å². The molecule has 0 bridgehead atoms. The SMILES string of the molecule is CCNS(=O)(=O)N1CCCCC1CNC(=O)CCN. The summed E-state index contributed by atoms with van der Waals surface area (Å²) in [4.78, 5) is 11.4. The van der Waals surface area contributed by atoms with Crippen LogP contribution in [0.15, 0.2) is 0 Å². The van der Waals surface area contributed by atoms with E-state index >= 15 is 0 Å². The van der Waals surface area contributed by atoms with Gasteiger partial charge in [0.15, 0.2) is 0 Å². The van der Waals surface area contributed by atoms with Gasteiger partial charge < -0.3 is 11.1 Å². The molecule has 0 aromatic heterocycles. The molecule has 1 fully saturated rings. The summed E-state index contributed by atoms with van der Waals surface area (Å²) in [6, 6.07) is -0.167. The van der Waals surface area contributed by atoms with Gasteiger partial charge in [-0.25, -0.2) is 4.72 Å². The van der Waals surface area contributed by atoms with Crippen LogP contribution in [0.25, 0.3) is 0 Å². The second-order valence-corrected chi connectivity index (χ2v) is 6.31. The van der Waals surface area contributed by atoms with Gasteiger partial charge in [-0.3, -0.25) is 4.79 Å². The normalized spacial score (nSPS) is 21.3. The molecular formula is C11H24N4O3S. The van der Waals surface area contributed by atoms with Gasteiger partial charge in [0.2, 0.25) is 5.91 Å². The number of amides is 1. The second-order valence-electron chi connectivity index (χ2n) is 4.61. The van der Waals surface area contributed by atoms with E-state index in [4.69, 9.17) is 5.73 Å². The van der Waals surface area contributed by atoms with Gasteiger partial charge in [0.25, 0.3) is 10.2 Å². The molecule has 1 atom stereocenters. The highest BCUT2D eigenvalue weighted by Crippen LogP contribution is 2.19. The van der Waals surface area contributed by atoms with Crippen LogP contribution in [-0.4, -0.2) is 50.9 Å². The van der Waals surface area contributed by atoms with E-state index in [1.165, 1.54) is 4.31 Å². The van der Waals surface area contributed by atoms with E-state index in [0.29, 0.717) is 26.2 Å². The van der Waals surface area contributed by atoms with Crippen molar-refractivity contribution in [3.63, 3.8) is 0 Å². The Labute approximate surface area is 115 Å². The summed E-state index contributed by atoms with van der Waals surface area (Å²) in [5.41, 5.74) is 5.30. The van der Waals surface area contributed by atoms with Crippen molar-refractivity contribution in [2.75, 3.05) is 26.2 Å². The van der Waals surface area contributed by atoms with Crippen molar-refractivity contribution in [1.82, 2.24) is 14.3 Å². The molecule has 4 N–H and O–H groups in total. The quantitative estimate of drug-likeness (QED) is 0.569. The van der Waals surface area contributed by atoms with Gasteiger partial charge in [0, 0.05) is 38.6 Å². The van der Waals surface area contributed by atoms with Gasteiger partial charge in [-0.15, -0.1) is 0 Å². The minimum atomic E-state index is -3.44. The third kappa shape index (κ3) is 5.06. The molecular weight excluding hydrogens is 268 g/mol. The van der Waals surface area contributed by atoms with E-state index in [1.54, 1.807) is 6.92 Å². The molecule has 1 aliphatic heterocycles. The number of hydrogen-bond acceptors (Lipinski definition) is 4. The molecule has 0 saturated carbocycles. The van der Waals surface area contributed by atoms with E-state index in [2.05, 4.69) is 10.0 Å². The Hall–Kier alpha value is -0.700. The molecule has 1 unspecified atom stereocenters. The molecule has 1 aliphatic rings. The minimum Gasteiger partial charge on any atom is -0.354 e. The molecule has 1 rings (SSSR count). The van der Waals surface area contributed by atoms with Gasteiger partial charge in [-0.05, 0) is 12.8 Å². The van der Waals surface area contributed by atoms with Crippen molar-refractivity contribution < 1.29 is 13.2 Å². The summed E-state index contributed by atoms with van der Waals surface area (Å²) in [5.74, 6) is -0.131. The van der Waals surface area contributed by atoms with E-state index in [9.17, 15) is 13.2 Å². The molecule has 0 radical (unpaired) electrons. The largest absolute Gasteiger partial charge is 0.354 e. The van der Waals surface area contributed by atoms with Crippen LogP contribution in [-0.2, 0) is 15.0 Å². The van der Waals surface area contributed by atoms with E-state index in [0.717, 1.165) is 19.3 Å². The lowest BCUT2D eigenvalue weighted by atomic mass is 10.1. The summed E-state index contributed by atoms with van der Waals surface area (Å²) in [5, 5.41) is 2.74. The third-order valence-corrected chi connectivity index (χ3v) is 4.87. The summed E-state index contributed by atoms with van der Waals surface area (Å²) >= 11 is 0. The first-order chi connectivity index (χ1) is 9.01. The van der Waals surface area contributed by atoms with Gasteiger partial charge >= 0.3 is 0 Å². The fraction of sp³-hybridized carbons (Fsp3) is 0.909.